The summed E-state index contributed by atoms with van der Waals surface area (Å²) in [5, 5.41) is 12.7. The fraction of sp³-hybridized carbons (Fsp3) is 0.385. The standard InChI is InChI=1S/C13H19NO3S/c1-2-3-9-14-10-12(15)11-18(16,17)13-7-5-4-6-8-13/h2,4-8,12,14-15H,1,3,9-11H2/t12-/m1/s1. The van der Waals surface area contributed by atoms with Crippen LogP contribution in [0.4, 0.5) is 0 Å². The van der Waals surface area contributed by atoms with Gasteiger partial charge in [0, 0.05) is 6.54 Å². The molecule has 0 saturated carbocycles. The van der Waals surface area contributed by atoms with Crippen LogP contribution in [-0.2, 0) is 9.84 Å². The van der Waals surface area contributed by atoms with Crippen molar-refractivity contribution >= 4 is 9.84 Å². The van der Waals surface area contributed by atoms with E-state index in [0.717, 1.165) is 6.42 Å². The summed E-state index contributed by atoms with van der Waals surface area (Å²) in [6.07, 6.45) is 1.65. The maximum Gasteiger partial charge on any atom is 0.180 e. The quantitative estimate of drug-likeness (QED) is 0.545. The Bertz CT molecular complexity index is 456. The monoisotopic (exact) mass is 269 g/mol. The fourth-order valence-corrected chi connectivity index (χ4v) is 2.90. The molecule has 0 aromatic heterocycles. The first-order chi connectivity index (χ1) is 8.56. The van der Waals surface area contributed by atoms with E-state index in [9.17, 15) is 13.5 Å². The minimum atomic E-state index is -3.41. The second-order valence-corrected chi connectivity index (χ2v) is 6.06. The van der Waals surface area contributed by atoms with Crippen LogP contribution in [0.2, 0.25) is 0 Å². The lowest BCUT2D eigenvalue weighted by Gasteiger charge is -2.12. The van der Waals surface area contributed by atoms with Crippen molar-refractivity contribution in [1.29, 1.82) is 0 Å². The molecule has 0 unspecified atom stereocenters. The Hall–Kier alpha value is -1.17. The Morgan fingerprint density at radius 2 is 2.00 bits per heavy atom. The molecule has 1 atom stereocenters. The lowest BCUT2D eigenvalue weighted by molar-refractivity contribution is 0.194. The Morgan fingerprint density at radius 3 is 2.61 bits per heavy atom. The van der Waals surface area contributed by atoms with Gasteiger partial charge < -0.3 is 10.4 Å². The molecule has 18 heavy (non-hydrogen) atoms. The molecule has 0 saturated heterocycles. The van der Waals surface area contributed by atoms with Gasteiger partial charge in [-0.1, -0.05) is 24.3 Å². The van der Waals surface area contributed by atoms with Crippen molar-refractivity contribution in [1.82, 2.24) is 5.32 Å². The lowest BCUT2D eigenvalue weighted by Crippen LogP contribution is -2.32. The van der Waals surface area contributed by atoms with Crippen molar-refractivity contribution in [2.75, 3.05) is 18.8 Å². The summed E-state index contributed by atoms with van der Waals surface area (Å²) >= 11 is 0. The number of hydrogen-bond acceptors (Lipinski definition) is 4. The summed E-state index contributed by atoms with van der Waals surface area (Å²) < 4.78 is 23.9. The molecule has 0 aliphatic carbocycles. The third kappa shape index (κ3) is 5.00. The van der Waals surface area contributed by atoms with E-state index >= 15 is 0 Å². The van der Waals surface area contributed by atoms with Crippen LogP contribution in [0.15, 0.2) is 47.9 Å². The Kier molecular flexibility index (Phi) is 6.04. The molecule has 0 heterocycles. The molecule has 1 aromatic rings. The highest BCUT2D eigenvalue weighted by Crippen LogP contribution is 2.10. The highest BCUT2D eigenvalue weighted by Gasteiger charge is 2.18. The largest absolute Gasteiger partial charge is 0.391 e. The second-order valence-electron chi connectivity index (χ2n) is 4.03. The fourth-order valence-electron chi connectivity index (χ4n) is 1.51. The summed E-state index contributed by atoms with van der Waals surface area (Å²) in [7, 11) is -3.41. The molecule has 1 rings (SSSR count). The highest BCUT2D eigenvalue weighted by atomic mass is 32.2. The predicted molar refractivity (Wildman–Crippen MR) is 72.2 cm³/mol. The van der Waals surface area contributed by atoms with Gasteiger partial charge in [-0.2, -0.15) is 0 Å². The summed E-state index contributed by atoms with van der Waals surface area (Å²) in [6.45, 7) is 4.53. The third-order valence-corrected chi connectivity index (χ3v) is 4.23. The molecule has 0 radical (unpaired) electrons. The molecule has 0 bridgehead atoms. The highest BCUT2D eigenvalue weighted by molar-refractivity contribution is 7.91. The van der Waals surface area contributed by atoms with Crippen LogP contribution in [0.5, 0.6) is 0 Å². The predicted octanol–water partition coefficient (Wildman–Crippen LogP) is 0.987. The minimum absolute atomic E-state index is 0.246. The van der Waals surface area contributed by atoms with E-state index in [-0.39, 0.29) is 17.2 Å². The van der Waals surface area contributed by atoms with Crippen LogP contribution >= 0.6 is 0 Å². The van der Waals surface area contributed by atoms with Crippen molar-refractivity contribution in [3.8, 4) is 0 Å². The topological polar surface area (TPSA) is 66.4 Å². The average Bonchev–Trinajstić information content (AvgIpc) is 2.35. The van der Waals surface area contributed by atoms with Gasteiger partial charge in [-0.25, -0.2) is 8.42 Å². The van der Waals surface area contributed by atoms with Crippen LogP contribution in [-0.4, -0.2) is 38.5 Å². The molecule has 4 nitrogen and oxygen atoms in total. The average molecular weight is 269 g/mol. The second kappa shape index (κ2) is 7.31. The Balaban J connectivity index is 2.48. The van der Waals surface area contributed by atoms with Crippen molar-refractivity contribution in [2.24, 2.45) is 0 Å². The molecular formula is C13H19NO3S. The smallest absolute Gasteiger partial charge is 0.180 e. The van der Waals surface area contributed by atoms with Gasteiger partial charge in [0.15, 0.2) is 9.84 Å². The molecule has 5 heteroatoms. The van der Waals surface area contributed by atoms with E-state index in [1.54, 1.807) is 24.3 Å². The number of sulfone groups is 1. The van der Waals surface area contributed by atoms with Crippen molar-refractivity contribution in [3.05, 3.63) is 43.0 Å². The molecule has 100 valence electrons. The molecule has 0 aliphatic heterocycles. The summed E-state index contributed by atoms with van der Waals surface area (Å²) in [6, 6.07) is 8.16. The van der Waals surface area contributed by atoms with Crippen molar-refractivity contribution in [3.63, 3.8) is 0 Å². The van der Waals surface area contributed by atoms with E-state index in [1.807, 2.05) is 0 Å². The van der Waals surface area contributed by atoms with Gasteiger partial charge in [-0.3, -0.25) is 0 Å². The first-order valence-electron chi connectivity index (χ1n) is 5.84. The van der Waals surface area contributed by atoms with Gasteiger partial charge >= 0.3 is 0 Å². The molecule has 0 aliphatic rings. The van der Waals surface area contributed by atoms with Gasteiger partial charge in [-0.05, 0) is 25.1 Å². The van der Waals surface area contributed by atoms with E-state index in [2.05, 4.69) is 11.9 Å². The lowest BCUT2D eigenvalue weighted by atomic mass is 10.3. The van der Waals surface area contributed by atoms with Gasteiger partial charge in [0.25, 0.3) is 0 Å². The normalized spacial score (nSPS) is 13.2. The van der Waals surface area contributed by atoms with Crippen LogP contribution in [0.25, 0.3) is 0 Å². The SMILES string of the molecule is C=CCCNC[C@@H](O)CS(=O)(=O)c1ccccc1. The van der Waals surface area contributed by atoms with Gasteiger partial charge in [-0.15, -0.1) is 6.58 Å². The minimum Gasteiger partial charge on any atom is -0.391 e. The first-order valence-corrected chi connectivity index (χ1v) is 7.49. The zero-order chi connectivity index (χ0) is 13.4. The number of benzene rings is 1. The Labute approximate surface area is 108 Å². The van der Waals surface area contributed by atoms with Crippen LogP contribution in [0, 0.1) is 0 Å². The van der Waals surface area contributed by atoms with Crippen LogP contribution in [0.3, 0.4) is 0 Å². The van der Waals surface area contributed by atoms with Crippen LogP contribution < -0.4 is 5.32 Å². The molecule has 0 spiro atoms. The number of aliphatic hydroxyl groups excluding tert-OH is 1. The number of aliphatic hydroxyl groups is 1. The third-order valence-electron chi connectivity index (χ3n) is 2.42. The molecule has 1 aromatic carbocycles. The summed E-state index contributed by atoms with van der Waals surface area (Å²) in [5.74, 6) is -0.266. The molecule has 0 fully saturated rings. The van der Waals surface area contributed by atoms with Crippen LogP contribution in [0.1, 0.15) is 6.42 Å². The zero-order valence-corrected chi connectivity index (χ0v) is 11.1. The zero-order valence-electron chi connectivity index (χ0n) is 10.2. The summed E-state index contributed by atoms with van der Waals surface area (Å²) in [4.78, 5) is 0.246. The number of nitrogens with one attached hydrogen (secondary N) is 1. The molecule has 2 N–H and O–H groups in total. The van der Waals surface area contributed by atoms with Gasteiger partial charge in [0.05, 0.1) is 16.8 Å². The van der Waals surface area contributed by atoms with Crippen molar-refractivity contribution in [2.45, 2.75) is 17.4 Å². The molecular weight excluding hydrogens is 250 g/mol. The maximum atomic E-state index is 11.9. The Morgan fingerprint density at radius 1 is 1.33 bits per heavy atom. The number of rotatable bonds is 8. The van der Waals surface area contributed by atoms with E-state index in [4.69, 9.17) is 0 Å². The summed E-state index contributed by atoms with van der Waals surface area (Å²) in [5.41, 5.74) is 0. The van der Waals surface area contributed by atoms with E-state index in [0.29, 0.717) is 6.54 Å². The molecule has 0 amide bonds. The van der Waals surface area contributed by atoms with Gasteiger partial charge in [0.2, 0.25) is 0 Å². The first kappa shape index (κ1) is 14.9. The number of hydrogen-bond donors (Lipinski definition) is 2. The van der Waals surface area contributed by atoms with Gasteiger partial charge in [0.1, 0.15) is 0 Å². The van der Waals surface area contributed by atoms with Crippen molar-refractivity contribution < 1.29 is 13.5 Å². The van der Waals surface area contributed by atoms with E-state index in [1.165, 1.54) is 12.1 Å². The van der Waals surface area contributed by atoms with E-state index < -0.39 is 15.9 Å². The maximum absolute atomic E-state index is 11.9.